The van der Waals surface area contributed by atoms with Crippen molar-refractivity contribution < 1.29 is 38.8 Å². The largest absolute Gasteiger partial charge is 0.508 e. The highest BCUT2D eigenvalue weighted by molar-refractivity contribution is 5.91. The third-order valence-corrected chi connectivity index (χ3v) is 6.35. The summed E-state index contributed by atoms with van der Waals surface area (Å²) >= 11 is 0. The highest BCUT2D eigenvalue weighted by Gasteiger charge is 2.66. The van der Waals surface area contributed by atoms with Gasteiger partial charge in [-0.3, -0.25) is 0 Å². The Bertz CT molecular complexity index is 937. The van der Waals surface area contributed by atoms with Crippen LogP contribution in [-0.2, 0) is 23.8 Å². The first-order chi connectivity index (χ1) is 14.5. The predicted octanol–water partition coefficient (Wildman–Crippen LogP) is 2.42. The summed E-state index contributed by atoms with van der Waals surface area (Å²) in [5.41, 5.74) is -2.47. The van der Waals surface area contributed by atoms with Crippen LogP contribution in [0.5, 0.6) is 5.75 Å². The van der Waals surface area contributed by atoms with Crippen LogP contribution in [0.3, 0.4) is 0 Å². The van der Waals surface area contributed by atoms with Crippen molar-refractivity contribution in [3.8, 4) is 5.75 Å². The van der Waals surface area contributed by atoms with Crippen molar-refractivity contribution in [1.29, 1.82) is 0 Å². The zero-order valence-electron chi connectivity index (χ0n) is 17.4. The second-order valence-electron chi connectivity index (χ2n) is 9.37. The van der Waals surface area contributed by atoms with Crippen LogP contribution in [0.4, 0.5) is 0 Å². The molecule has 0 spiro atoms. The van der Waals surface area contributed by atoms with Crippen molar-refractivity contribution >= 4 is 17.9 Å². The second kappa shape index (κ2) is 7.37. The Kier molecular flexibility index (Phi) is 5.08. The number of benzene rings is 1. The molecule has 4 atom stereocenters. The van der Waals surface area contributed by atoms with Gasteiger partial charge in [0.25, 0.3) is 0 Å². The van der Waals surface area contributed by atoms with Gasteiger partial charge in [0.1, 0.15) is 17.0 Å². The first-order valence-electron chi connectivity index (χ1n) is 10.3. The van der Waals surface area contributed by atoms with E-state index in [0.717, 1.165) is 0 Å². The Morgan fingerprint density at radius 3 is 2.23 bits per heavy atom. The average Bonchev–Trinajstić information content (AvgIpc) is 2.63. The van der Waals surface area contributed by atoms with E-state index < -0.39 is 41.3 Å². The fourth-order valence-electron chi connectivity index (χ4n) is 5.80. The zero-order chi connectivity index (χ0) is 22.4. The lowest BCUT2D eigenvalue weighted by atomic mass is 9.50. The second-order valence-corrected chi connectivity index (χ2v) is 9.37. The molecule has 5 rings (SSSR count). The fourth-order valence-corrected chi connectivity index (χ4v) is 5.80. The smallest absolute Gasteiger partial charge is 0.344 e. The molecule has 8 nitrogen and oxygen atoms in total. The Morgan fingerprint density at radius 2 is 1.65 bits per heavy atom. The van der Waals surface area contributed by atoms with Crippen molar-refractivity contribution in [2.75, 3.05) is 6.61 Å². The van der Waals surface area contributed by atoms with Crippen LogP contribution < -0.4 is 0 Å². The van der Waals surface area contributed by atoms with Gasteiger partial charge in [0.15, 0.2) is 6.61 Å². The molecule has 0 radical (unpaired) electrons. The number of phenolic OH excluding ortho intramolecular Hbond substituents is 1. The van der Waals surface area contributed by atoms with Gasteiger partial charge < -0.3 is 24.4 Å². The number of carbonyl (C=O) groups excluding carboxylic acids is 3. The predicted molar refractivity (Wildman–Crippen MR) is 107 cm³/mol. The van der Waals surface area contributed by atoms with Gasteiger partial charge in [-0.2, -0.15) is 0 Å². The summed E-state index contributed by atoms with van der Waals surface area (Å²) in [6, 6.07) is 5.46. The molecule has 31 heavy (non-hydrogen) atoms. The van der Waals surface area contributed by atoms with E-state index in [9.17, 15) is 24.6 Å². The fraction of sp³-hybridized carbons (Fsp3) is 0.522. The summed E-state index contributed by atoms with van der Waals surface area (Å²) in [5.74, 6) is -1.88. The molecule has 0 saturated heterocycles. The molecule has 4 aliphatic carbocycles. The van der Waals surface area contributed by atoms with Crippen LogP contribution in [-0.4, -0.2) is 51.5 Å². The van der Waals surface area contributed by atoms with E-state index in [1.54, 1.807) is 6.92 Å². The first kappa shape index (κ1) is 21.4. The molecular formula is C23H26O8. The third-order valence-electron chi connectivity index (χ3n) is 6.35. The maximum atomic E-state index is 12.5. The van der Waals surface area contributed by atoms with E-state index in [1.807, 2.05) is 0 Å². The van der Waals surface area contributed by atoms with Crippen LogP contribution in [0.1, 0.15) is 55.8 Å². The lowest BCUT2D eigenvalue weighted by Crippen LogP contribution is -2.68. The molecule has 0 amide bonds. The summed E-state index contributed by atoms with van der Waals surface area (Å²) in [7, 11) is 0. The van der Waals surface area contributed by atoms with Gasteiger partial charge in [-0.15, -0.1) is 0 Å². The van der Waals surface area contributed by atoms with E-state index in [1.165, 1.54) is 24.3 Å². The summed E-state index contributed by atoms with van der Waals surface area (Å²) in [4.78, 5) is 36.8. The summed E-state index contributed by atoms with van der Waals surface area (Å²) in [5, 5.41) is 20.4. The topological polar surface area (TPSA) is 119 Å². The molecular weight excluding hydrogens is 404 g/mol. The van der Waals surface area contributed by atoms with Crippen LogP contribution in [0.2, 0.25) is 0 Å². The number of aromatic hydroxyl groups is 1. The number of phenols is 1. The van der Waals surface area contributed by atoms with Crippen molar-refractivity contribution in [1.82, 2.24) is 0 Å². The van der Waals surface area contributed by atoms with Gasteiger partial charge in [-0.25, -0.2) is 14.4 Å². The molecule has 0 aromatic heterocycles. The number of carbonyl (C=O) groups is 3. The summed E-state index contributed by atoms with van der Waals surface area (Å²) in [6.45, 7) is 4.61. The Labute approximate surface area is 179 Å². The van der Waals surface area contributed by atoms with Gasteiger partial charge >= 0.3 is 17.9 Å². The Morgan fingerprint density at radius 1 is 1.03 bits per heavy atom. The molecule has 4 unspecified atom stereocenters. The van der Waals surface area contributed by atoms with Crippen LogP contribution in [0.15, 0.2) is 36.4 Å². The number of esters is 3. The number of aliphatic hydroxyl groups is 1. The number of ether oxygens (including phenoxy) is 3. The van der Waals surface area contributed by atoms with Gasteiger partial charge in [0.05, 0.1) is 11.2 Å². The minimum Gasteiger partial charge on any atom is -0.508 e. The van der Waals surface area contributed by atoms with E-state index in [4.69, 9.17) is 14.2 Å². The third kappa shape index (κ3) is 4.30. The quantitative estimate of drug-likeness (QED) is 0.401. The highest BCUT2D eigenvalue weighted by Crippen LogP contribution is 2.61. The number of rotatable bonds is 6. The molecule has 0 heterocycles. The number of hydrogen-bond donors (Lipinski definition) is 2. The van der Waals surface area contributed by atoms with E-state index in [-0.39, 0.29) is 29.2 Å². The van der Waals surface area contributed by atoms with E-state index in [0.29, 0.717) is 32.1 Å². The van der Waals surface area contributed by atoms with Gasteiger partial charge in [-0.1, -0.05) is 6.58 Å². The standard InChI is InChI=1S/C23H26O8/c1-14(2)19(26)31-23-9-15-7-21(28,12-23)11-22(8-15,13-23)30-18(25)10-29-20(27)16-3-5-17(24)6-4-16/h3-6,15,24,28H,1,7-13H2,2H3. The zero-order valence-corrected chi connectivity index (χ0v) is 17.4. The molecule has 166 valence electrons. The van der Waals surface area contributed by atoms with E-state index in [2.05, 4.69) is 6.58 Å². The molecule has 1 aromatic rings. The minimum absolute atomic E-state index is 0.0111. The molecule has 8 heteroatoms. The maximum Gasteiger partial charge on any atom is 0.344 e. The molecule has 4 bridgehead atoms. The van der Waals surface area contributed by atoms with Gasteiger partial charge in [0, 0.05) is 24.8 Å². The average molecular weight is 430 g/mol. The van der Waals surface area contributed by atoms with Crippen LogP contribution in [0, 0.1) is 5.92 Å². The normalized spacial score (nSPS) is 32.9. The lowest BCUT2D eigenvalue weighted by molar-refractivity contribution is -0.267. The molecule has 4 fully saturated rings. The molecule has 0 aliphatic heterocycles. The molecule has 4 aliphatic rings. The van der Waals surface area contributed by atoms with Crippen molar-refractivity contribution in [2.45, 2.75) is 62.3 Å². The maximum absolute atomic E-state index is 12.5. The summed E-state index contributed by atoms with van der Waals surface area (Å²) < 4.78 is 16.5. The van der Waals surface area contributed by atoms with Crippen LogP contribution >= 0.6 is 0 Å². The van der Waals surface area contributed by atoms with Crippen molar-refractivity contribution in [2.24, 2.45) is 5.92 Å². The van der Waals surface area contributed by atoms with E-state index >= 15 is 0 Å². The molecule has 4 saturated carbocycles. The van der Waals surface area contributed by atoms with Gasteiger partial charge in [-0.05, 0) is 56.4 Å². The monoisotopic (exact) mass is 430 g/mol. The van der Waals surface area contributed by atoms with Crippen molar-refractivity contribution in [3.63, 3.8) is 0 Å². The molecule has 1 aromatic carbocycles. The number of hydrogen-bond acceptors (Lipinski definition) is 8. The first-order valence-corrected chi connectivity index (χ1v) is 10.3. The SMILES string of the molecule is C=C(C)C(=O)OC12CC3CC(O)(CC(OC(=O)COC(=O)c4ccc(O)cc4)(C3)C1)C2. The molecule has 2 N–H and O–H groups in total. The summed E-state index contributed by atoms with van der Waals surface area (Å²) in [6.07, 6.45) is 2.64. The Hall–Kier alpha value is -2.87. The van der Waals surface area contributed by atoms with Gasteiger partial charge in [0.2, 0.25) is 0 Å². The Balaban J connectivity index is 1.43. The highest BCUT2D eigenvalue weighted by atomic mass is 16.6. The minimum atomic E-state index is -1.07. The lowest BCUT2D eigenvalue weighted by Gasteiger charge is -2.63. The van der Waals surface area contributed by atoms with Crippen molar-refractivity contribution in [3.05, 3.63) is 42.0 Å². The van der Waals surface area contributed by atoms with Crippen LogP contribution in [0.25, 0.3) is 0 Å².